The van der Waals surface area contributed by atoms with Crippen LogP contribution in [0.2, 0.25) is 0 Å². The number of carbonyl (C=O) groups is 3. The van der Waals surface area contributed by atoms with Gasteiger partial charge < -0.3 is 25.6 Å². The number of nitrogens with zero attached hydrogens (tertiary/aromatic N) is 3. The minimum Gasteiger partial charge on any atom is -0.389 e. The van der Waals surface area contributed by atoms with Crippen LogP contribution in [-0.4, -0.2) is 49.0 Å². The van der Waals surface area contributed by atoms with Crippen LogP contribution < -0.4 is 10.6 Å². The first-order valence-corrected chi connectivity index (χ1v) is 13.5. The van der Waals surface area contributed by atoms with Gasteiger partial charge in [0, 0.05) is 35.6 Å². The second kappa shape index (κ2) is 11.8. The third-order valence-electron chi connectivity index (χ3n) is 7.17. The van der Waals surface area contributed by atoms with Crippen LogP contribution in [0.25, 0.3) is 0 Å². The number of benzene rings is 2. The van der Waals surface area contributed by atoms with Crippen LogP contribution in [0.15, 0.2) is 73.4 Å². The molecule has 216 valence electrons. The lowest BCUT2D eigenvalue weighted by Gasteiger charge is -2.32. The Morgan fingerprint density at radius 3 is 2.71 bits per heavy atom. The van der Waals surface area contributed by atoms with Crippen LogP contribution in [0.5, 0.6) is 0 Å². The number of anilines is 2. The number of halogens is 1. The number of aliphatic hydroxyl groups excluding tert-OH is 1. The summed E-state index contributed by atoms with van der Waals surface area (Å²) in [5.74, 6) is -1.97. The smallest absolute Gasteiger partial charge is 0.276 e. The number of fused-ring (bicyclic) bond motifs is 1. The standard InChI is InChI=1S/C31H31FN6O4/c1-4-27(40)35-26-13-20(10-11-24(26)32)16-38-29-18(2)15-37(31(42)25-9-6-12-33-25)17-23(29)28(36-38)30(41)34-22-8-5-7-21(14-22)19(3)39/h4-14,18-19,33,39H,1,15-17H2,2-3H3,(H,34,41)(H,35,40)/t18-,19+/m1/s1. The highest BCUT2D eigenvalue weighted by Crippen LogP contribution is 2.33. The second-order valence-electron chi connectivity index (χ2n) is 10.3. The molecule has 4 N–H and O–H groups in total. The molecule has 0 fully saturated rings. The Kier molecular flexibility index (Phi) is 8.03. The lowest BCUT2D eigenvalue weighted by molar-refractivity contribution is -0.111. The van der Waals surface area contributed by atoms with Gasteiger partial charge in [-0.3, -0.25) is 19.1 Å². The first-order valence-electron chi connectivity index (χ1n) is 13.5. The SMILES string of the molecule is C=CC(=O)Nc1cc(Cn2nc(C(=O)Nc3cccc([C@H](C)O)c3)c3c2[C@H](C)CN(C(=O)c2ccc[nH]2)C3)ccc1F. The van der Waals surface area contributed by atoms with E-state index in [2.05, 4.69) is 27.3 Å². The zero-order valence-electron chi connectivity index (χ0n) is 23.2. The lowest BCUT2D eigenvalue weighted by atomic mass is 9.95. The van der Waals surface area contributed by atoms with Crippen molar-refractivity contribution in [3.63, 3.8) is 0 Å². The lowest BCUT2D eigenvalue weighted by Crippen LogP contribution is -2.38. The van der Waals surface area contributed by atoms with E-state index in [-0.39, 0.29) is 36.3 Å². The van der Waals surface area contributed by atoms with E-state index in [0.717, 1.165) is 11.8 Å². The van der Waals surface area contributed by atoms with Crippen molar-refractivity contribution in [3.05, 3.63) is 113 Å². The van der Waals surface area contributed by atoms with Gasteiger partial charge in [0.2, 0.25) is 5.91 Å². The summed E-state index contributed by atoms with van der Waals surface area (Å²) in [6, 6.07) is 14.7. The molecule has 1 aliphatic heterocycles. The van der Waals surface area contributed by atoms with Gasteiger partial charge in [0.05, 0.1) is 24.9 Å². The van der Waals surface area contributed by atoms with E-state index in [1.807, 2.05) is 6.92 Å². The number of rotatable bonds is 8. The topological polar surface area (TPSA) is 132 Å². The number of aromatic amines is 1. The fraction of sp³-hybridized carbons (Fsp3) is 0.226. The highest BCUT2D eigenvalue weighted by molar-refractivity contribution is 6.04. The van der Waals surface area contributed by atoms with Gasteiger partial charge in [0.15, 0.2) is 5.69 Å². The van der Waals surface area contributed by atoms with Crippen molar-refractivity contribution >= 4 is 29.1 Å². The number of hydrogen-bond donors (Lipinski definition) is 4. The Hall–Kier alpha value is -5.03. The summed E-state index contributed by atoms with van der Waals surface area (Å²) in [5, 5.41) is 20.0. The quantitative estimate of drug-likeness (QED) is 0.230. The molecule has 0 saturated heterocycles. The summed E-state index contributed by atoms with van der Waals surface area (Å²) in [6.45, 7) is 7.76. The van der Waals surface area contributed by atoms with Crippen molar-refractivity contribution in [3.8, 4) is 0 Å². The van der Waals surface area contributed by atoms with Crippen molar-refractivity contribution in [1.29, 1.82) is 0 Å². The van der Waals surface area contributed by atoms with Gasteiger partial charge >= 0.3 is 0 Å². The Morgan fingerprint density at radius 2 is 2.00 bits per heavy atom. The highest BCUT2D eigenvalue weighted by Gasteiger charge is 2.34. The van der Waals surface area contributed by atoms with E-state index in [4.69, 9.17) is 0 Å². The maximum Gasteiger partial charge on any atom is 0.276 e. The second-order valence-corrected chi connectivity index (χ2v) is 10.3. The molecule has 3 amide bonds. The van der Waals surface area contributed by atoms with Crippen LogP contribution in [0, 0.1) is 5.82 Å². The maximum absolute atomic E-state index is 14.4. The molecule has 2 aromatic carbocycles. The van der Waals surface area contributed by atoms with E-state index in [1.54, 1.807) is 65.2 Å². The number of carbonyl (C=O) groups excluding carboxylic acids is 3. The summed E-state index contributed by atoms with van der Waals surface area (Å²) < 4.78 is 16.1. The van der Waals surface area contributed by atoms with Gasteiger partial charge in [-0.1, -0.05) is 31.7 Å². The molecule has 0 saturated carbocycles. The van der Waals surface area contributed by atoms with E-state index in [1.165, 1.54) is 12.1 Å². The molecule has 42 heavy (non-hydrogen) atoms. The fourth-order valence-electron chi connectivity index (χ4n) is 5.17. The van der Waals surface area contributed by atoms with Gasteiger partial charge in [0.25, 0.3) is 11.8 Å². The number of amides is 3. The minimum absolute atomic E-state index is 0.00477. The molecule has 5 rings (SSSR count). The number of aliphatic hydroxyl groups is 1. The van der Waals surface area contributed by atoms with Crippen LogP contribution in [0.4, 0.5) is 15.8 Å². The minimum atomic E-state index is -0.709. The molecular formula is C31H31FN6O4. The number of hydrogen-bond acceptors (Lipinski definition) is 5. The Labute approximate surface area is 241 Å². The average molecular weight is 571 g/mol. The van der Waals surface area contributed by atoms with Crippen LogP contribution >= 0.6 is 0 Å². The van der Waals surface area contributed by atoms with Crippen molar-refractivity contribution in [2.45, 2.75) is 39.0 Å². The molecule has 0 bridgehead atoms. The Bertz CT molecular complexity index is 1660. The molecular weight excluding hydrogens is 539 g/mol. The first kappa shape index (κ1) is 28.5. The van der Waals surface area contributed by atoms with E-state index in [0.29, 0.717) is 34.6 Å². The number of H-pyrrole nitrogens is 1. The molecule has 1 aliphatic rings. The normalized spacial score (nSPS) is 15.0. The third-order valence-corrected chi connectivity index (χ3v) is 7.17. The molecule has 0 aliphatic carbocycles. The molecule has 2 atom stereocenters. The van der Waals surface area contributed by atoms with E-state index in [9.17, 15) is 23.9 Å². The van der Waals surface area contributed by atoms with E-state index < -0.39 is 23.7 Å². The van der Waals surface area contributed by atoms with Gasteiger partial charge in [0.1, 0.15) is 11.5 Å². The van der Waals surface area contributed by atoms with Crippen molar-refractivity contribution in [1.82, 2.24) is 19.7 Å². The number of aromatic nitrogens is 3. The van der Waals surface area contributed by atoms with Crippen molar-refractivity contribution in [2.75, 3.05) is 17.2 Å². The van der Waals surface area contributed by atoms with Crippen LogP contribution in [0.1, 0.15) is 69.2 Å². The Balaban J connectivity index is 1.52. The van der Waals surface area contributed by atoms with Gasteiger partial charge in [-0.25, -0.2) is 4.39 Å². The molecule has 2 aromatic heterocycles. The van der Waals surface area contributed by atoms with Gasteiger partial charge in [-0.15, -0.1) is 0 Å². The summed E-state index contributed by atoms with van der Waals surface area (Å²) in [7, 11) is 0. The van der Waals surface area contributed by atoms with E-state index >= 15 is 0 Å². The predicted octanol–water partition coefficient (Wildman–Crippen LogP) is 4.59. The molecule has 0 unspecified atom stereocenters. The number of nitrogens with one attached hydrogen (secondary N) is 3. The fourth-order valence-corrected chi connectivity index (χ4v) is 5.17. The highest BCUT2D eigenvalue weighted by atomic mass is 19.1. The zero-order chi connectivity index (χ0) is 30.0. The summed E-state index contributed by atoms with van der Waals surface area (Å²) in [6.07, 6.45) is 2.03. The summed E-state index contributed by atoms with van der Waals surface area (Å²) in [4.78, 5) is 43.3. The van der Waals surface area contributed by atoms with Crippen LogP contribution in [0.3, 0.4) is 0 Å². The molecule has 11 heteroatoms. The monoisotopic (exact) mass is 570 g/mol. The average Bonchev–Trinajstić information content (AvgIpc) is 3.63. The molecule has 0 radical (unpaired) electrons. The third kappa shape index (κ3) is 5.86. The summed E-state index contributed by atoms with van der Waals surface area (Å²) >= 11 is 0. The van der Waals surface area contributed by atoms with Crippen LogP contribution in [-0.2, 0) is 17.9 Å². The van der Waals surface area contributed by atoms with Crippen molar-refractivity contribution in [2.24, 2.45) is 0 Å². The largest absolute Gasteiger partial charge is 0.389 e. The predicted molar refractivity (Wildman–Crippen MR) is 156 cm³/mol. The Morgan fingerprint density at radius 1 is 1.19 bits per heavy atom. The van der Waals surface area contributed by atoms with Gasteiger partial charge in [-0.2, -0.15) is 5.10 Å². The molecule has 3 heterocycles. The van der Waals surface area contributed by atoms with Crippen molar-refractivity contribution < 1.29 is 23.9 Å². The molecule has 10 nitrogen and oxygen atoms in total. The zero-order valence-corrected chi connectivity index (χ0v) is 23.2. The maximum atomic E-state index is 14.4. The molecule has 4 aromatic rings. The summed E-state index contributed by atoms with van der Waals surface area (Å²) in [5.41, 5.74) is 3.79. The van der Waals surface area contributed by atoms with Gasteiger partial charge in [-0.05, 0) is 60.5 Å². The molecule has 0 spiro atoms. The first-order chi connectivity index (χ1) is 20.1.